The van der Waals surface area contributed by atoms with Gasteiger partial charge in [0.1, 0.15) is 17.3 Å². The molecule has 0 saturated carbocycles. The highest BCUT2D eigenvalue weighted by Gasteiger charge is 2.16. The summed E-state index contributed by atoms with van der Waals surface area (Å²) in [6, 6.07) is 21.8. The van der Waals surface area contributed by atoms with Crippen molar-refractivity contribution in [3.05, 3.63) is 102 Å². The molecule has 0 atom stereocenters. The number of carbonyl (C=O) groups excluding carboxylic acids is 1. The molecule has 7 heteroatoms. The first-order valence-electron chi connectivity index (χ1n) is 11.8. The molecule has 0 aliphatic carbocycles. The molecule has 1 amide bonds. The topological polar surface area (TPSA) is 79.9 Å². The van der Waals surface area contributed by atoms with Gasteiger partial charge < -0.3 is 15.0 Å². The molecule has 0 aliphatic rings. The van der Waals surface area contributed by atoms with Crippen LogP contribution in [0.25, 0.3) is 33.5 Å². The normalized spacial score (nSPS) is 10.9. The van der Waals surface area contributed by atoms with Gasteiger partial charge in [-0.05, 0) is 60.7 Å². The molecule has 180 valence electrons. The van der Waals surface area contributed by atoms with Crippen LogP contribution in [0.15, 0.2) is 85.2 Å². The van der Waals surface area contributed by atoms with Crippen LogP contribution >= 0.6 is 0 Å². The van der Waals surface area contributed by atoms with Crippen molar-refractivity contribution in [1.82, 2.24) is 20.3 Å². The molecule has 0 spiro atoms. The zero-order valence-electron chi connectivity index (χ0n) is 19.8. The summed E-state index contributed by atoms with van der Waals surface area (Å²) in [5.41, 5.74) is 3.70. The van der Waals surface area contributed by atoms with E-state index in [0.29, 0.717) is 36.7 Å². The Labute approximate surface area is 208 Å². The van der Waals surface area contributed by atoms with Crippen LogP contribution in [0, 0.1) is 5.82 Å². The lowest BCUT2D eigenvalue weighted by Gasteiger charge is -2.12. The maximum absolute atomic E-state index is 13.1. The van der Waals surface area contributed by atoms with Crippen LogP contribution in [0.2, 0.25) is 0 Å². The second-order valence-corrected chi connectivity index (χ2v) is 8.34. The quantitative estimate of drug-likeness (QED) is 0.294. The van der Waals surface area contributed by atoms with E-state index in [1.807, 2.05) is 49.5 Å². The van der Waals surface area contributed by atoms with Crippen molar-refractivity contribution in [3.8, 4) is 28.5 Å². The lowest BCUT2D eigenvalue weighted by Crippen LogP contribution is -2.26. The first-order valence-corrected chi connectivity index (χ1v) is 11.8. The maximum atomic E-state index is 13.1. The molecular formula is C29H25FN4O2. The second kappa shape index (κ2) is 10.4. The molecule has 2 aromatic heterocycles. The zero-order chi connectivity index (χ0) is 24.9. The molecule has 0 bridgehead atoms. The number of hydrogen-bond acceptors (Lipinski definition) is 4. The average molecular weight is 481 g/mol. The molecule has 2 N–H and O–H groups in total. The standard InChI is InChI=1S/C29H25FN4O2/c1-2-36-27-12-9-21(15-24(27)29(35)31-14-13-19-7-10-23(30)11-8-19)26-18-33-28(34-26)25-16-20-5-3-4-6-22(20)17-32-25/h3-12,15-18H,2,13-14H2,1H3,(H,31,35)(H,33,34). The number of fused-ring (bicyclic) bond motifs is 1. The van der Waals surface area contributed by atoms with Gasteiger partial charge in [-0.15, -0.1) is 0 Å². The Bertz CT molecular complexity index is 1510. The highest BCUT2D eigenvalue weighted by molar-refractivity contribution is 5.98. The Balaban J connectivity index is 1.36. The summed E-state index contributed by atoms with van der Waals surface area (Å²) in [4.78, 5) is 25.4. The van der Waals surface area contributed by atoms with E-state index >= 15 is 0 Å². The van der Waals surface area contributed by atoms with Crippen LogP contribution in [0.3, 0.4) is 0 Å². The van der Waals surface area contributed by atoms with E-state index in [1.165, 1.54) is 12.1 Å². The summed E-state index contributed by atoms with van der Waals surface area (Å²) < 4.78 is 18.8. The molecule has 0 aliphatic heterocycles. The third kappa shape index (κ3) is 5.10. The van der Waals surface area contributed by atoms with Gasteiger partial charge in [0.05, 0.1) is 24.1 Å². The number of benzene rings is 3. The number of nitrogens with one attached hydrogen (secondary N) is 2. The number of aromatic nitrogens is 3. The predicted molar refractivity (Wildman–Crippen MR) is 138 cm³/mol. The largest absolute Gasteiger partial charge is 0.493 e. The predicted octanol–water partition coefficient (Wildman–Crippen LogP) is 5.80. The summed E-state index contributed by atoms with van der Waals surface area (Å²) in [5, 5.41) is 5.09. The Hall–Kier alpha value is -4.52. The number of rotatable bonds is 8. The highest BCUT2D eigenvalue weighted by atomic mass is 19.1. The van der Waals surface area contributed by atoms with Crippen molar-refractivity contribution in [2.75, 3.05) is 13.2 Å². The Kier molecular flexibility index (Phi) is 6.71. The first kappa shape index (κ1) is 23.2. The molecule has 0 fully saturated rings. The number of nitrogens with zero attached hydrogens (tertiary/aromatic N) is 2. The van der Waals surface area contributed by atoms with E-state index in [1.54, 1.807) is 30.5 Å². The molecule has 0 radical (unpaired) electrons. The molecular weight excluding hydrogens is 455 g/mol. The fourth-order valence-corrected chi connectivity index (χ4v) is 4.03. The molecule has 2 heterocycles. The smallest absolute Gasteiger partial charge is 0.255 e. The Morgan fingerprint density at radius 2 is 1.78 bits per heavy atom. The van der Waals surface area contributed by atoms with Crippen LogP contribution in [0.4, 0.5) is 4.39 Å². The summed E-state index contributed by atoms with van der Waals surface area (Å²) in [6.45, 7) is 2.74. The molecule has 36 heavy (non-hydrogen) atoms. The lowest BCUT2D eigenvalue weighted by atomic mass is 10.1. The lowest BCUT2D eigenvalue weighted by molar-refractivity contribution is 0.0950. The van der Waals surface area contributed by atoms with Gasteiger partial charge in [-0.2, -0.15) is 0 Å². The van der Waals surface area contributed by atoms with Gasteiger partial charge in [-0.3, -0.25) is 9.78 Å². The van der Waals surface area contributed by atoms with E-state index in [2.05, 4.69) is 20.3 Å². The highest BCUT2D eigenvalue weighted by Crippen LogP contribution is 2.28. The van der Waals surface area contributed by atoms with Crippen molar-refractivity contribution in [2.45, 2.75) is 13.3 Å². The third-order valence-electron chi connectivity index (χ3n) is 5.90. The maximum Gasteiger partial charge on any atom is 0.255 e. The Morgan fingerprint density at radius 1 is 0.972 bits per heavy atom. The van der Waals surface area contributed by atoms with E-state index < -0.39 is 0 Å². The van der Waals surface area contributed by atoms with Gasteiger partial charge in [-0.1, -0.05) is 36.4 Å². The fourth-order valence-electron chi connectivity index (χ4n) is 4.03. The average Bonchev–Trinajstić information content (AvgIpc) is 3.40. The van der Waals surface area contributed by atoms with E-state index in [-0.39, 0.29) is 11.7 Å². The summed E-state index contributed by atoms with van der Waals surface area (Å²) in [7, 11) is 0. The molecule has 0 unspecified atom stereocenters. The second-order valence-electron chi connectivity index (χ2n) is 8.34. The van der Waals surface area contributed by atoms with Gasteiger partial charge in [0.2, 0.25) is 0 Å². The number of pyridine rings is 1. The molecule has 5 aromatic rings. The Morgan fingerprint density at radius 3 is 2.58 bits per heavy atom. The fraction of sp³-hybridized carbons (Fsp3) is 0.138. The minimum atomic E-state index is -0.278. The van der Waals surface area contributed by atoms with Crippen molar-refractivity contribution in [1.29, 1.82) is 0 Å². The van der Waals surface area contributed by atoms with E-state index in [4.69, 9.17) is 4.74 Å². The number of H-pyrrole nitrogens is 1. The van der Waals surface area contributed by atoms with Crippen LogP contribution in [0.5, 0.6) is 5.75 Å². The van der Waals surface area contributed by atoms with E-state index in [9.17, 15) is 9.18 Å². The van der Waals surface area contributed by atoms with Gasteiger partial charge >= 0.3 is 0 Å². The van der Waals surface area contributed by atoms with Gasteiger partial charge in [0.25, 0.3) is 5.91 Å². The van der Waals surface area contributed by atoms with Crippen molar-refractivity contribution >= 4 is 16.7 Å². The van der Waals surface area contributed by atoms with Crippen molar-refractivity contribution < 1.29 is 13.9 Å². The molecule has 6 nitrogen and oxygen atoms in total. The minimum absolute atomic E-state index is 0.238. The number of aromatic amines is 1. The number of imidazole rings is 1. The van der Waals surface area contributed by atoms with Crippen LogP contribution < -0.4 is 10.1 Å². The molecule has 5 rings (SSSR count). The van der Waals surface area contributed by atoms with Crippen LogP contribution in [-0.4, -0.2) is 34.0 Å². The number of carbonyl (C=O) groups is 1. The van der Waals surface area contributed by atoms with Gasteiger partial charge in [-0.25, -0.2) is 9.37 Å². The number of amides is 1. The number of ether oxygens (including phenoxy) is 1. The third-order valence-corrected chi connectivity index (χ3v) is 5.90. The zero-order valence-corrected chi connectivity index (χ0v) is 19.8. The SMILES string of the molecule is CCOc1ccc(-c2cnc(-c3cc4ccccc4cn3)[nH]2)cc1C(=O)NCCc1ccc(F)cc1. The summed E-state index contributed by atoms with van der Waals surface area (Å²) in [6.07, 6.45) is 4.16. The van der Waals surface area contributed by atoms with Crippen LogP contribution in [-0.2, 0) is 6.42 Å². The van der Waals surface area contributed by atoms with Crippen LogP contribution in [0.1, 0.15) is 22.8 Å². The van der Waals surface area contributed by atoms with Gasteiger partial charge in [0, 0.05) is 23.7 Å². The number of halogens is 1. The van der Waals surface area contributed by atoms with E-state index in [0.717, 1.165) is 33.3 Å². The minimum Gasteiger partial charge on any atom is -0.493 e. The monoisotopic (exact) mass is 480 g/mol. The summed E-state index contributed by atoms with van der Waals surface area (Å²) >= 11 is 0. The molecule has 3 aromatic carbocycles. The number of hydrogen-bond donors (Lipinski definition) is 2. The molecule has 0 saturated heterocycles. The van der Waals surface area contributed by atoms with Crippen molar-refractivity contribution in [3.63, 3.8) is 0 Å². The summed E-state index contributed by atoms with van der Waals surface area (Å²) in [5.74, 6) is 0.643. The van der Waals surface area contributed by atoms with Crippen molar-refractivity contribution in [2.24, 2.45) is 0 Å². The van der Waals surface area contributed by atoms with Gasteiger partial charge in [0.15, 0.2) is 5.82 Å². The first-order chi connectivity index (χ1) is 17.6.